The quantitative estimate of drug-likeness (QED) is 0.599. The van der Waals surface area contributed by atoms with Crippen LogP contribution in [0.4, 0.5) is 15.8 Å². The van der Waals surface area contributed by atoms with Crippen LogP contribution in [0.15, 0.2) is 36.4 Å². The molecule has 4 heterocycles. The molecule has 186 valence electrons. The predicted molar refractivity (Wildman–Crippen MR) is 129 cm³/mol. The van der Waals surface area contributed by atoms with Crippen LogP contribution in [0.5, 0.6) is 11.5 Å². The second-order valence-electron chi connectivity index (χ2n) is 9.32. The molecule has 0 spiro atoms. The molecule has 0 bridgehead atoms. The van der Waals surface area contributed by atoms with E-state index < -0.39 is 11.7 Å². The van der Waals surface area contributed by atoms with Crippen molar-refractivity contribution in [1.82, 2.24) is 14.8 Å². The van der Waals surface area contributed by atoms with E-state index in [1.54, 1.807) is 29.2 Å². The number of hydrogen-bond acceptors (Lipinski definition) is 6. The van der Waals surface area contributed by atoms with E-state index in [-0.39, 0.29) is 24.8 Å². The molecule has 9 nitrogen and oxygen atoms in total. The lowest BCUT2D eigenvalue weighted by Gasteiger charge is -2.22. The zero-order valence-corrected chi connectivity index (χ0v) is 19.7. The summed E-state index contributed by atoms with van der Waals surface area (Å²) in [5.74, 6) is 1.17. The normalized spacial score (nSPS) is 19.1. The molecule has 1 N–H and O–H groups in total. The van der Waals surface area contributed by atoms with Gasteiger partial charge < -0.3 is 24.3 Å². The van der Waals surface area contributed by atoms with E-state index in [9.17, 15) is 14.0 Å². The summed E-state index contributed by atoms with van der Waals surface area (Å²) in [6, 6.07) is 9.76. The summed E-state index contributed by atoms with van der Waals surface area (Å²) in [7, 11) is 0. The second kappa shape index (κ2) is 9.25. The monoisotopic (exact) mass is 491 g/mol. The highest BCUT2D eigenvalue weighted by Crippen LogP contribution is 2.36. The summed E-state index contributed by atoms with van der Waals surface area (Å²) in [6.45, 7) is 1.93. The summed E-state index contributed by atoms with van der Waals surface area (Å²) in [6.07, 6.45) is 4.04. The first-order valence-corrected chi connectivity index (χ1v) is 12.3. The van der Waals surface area contributed by atoms with Crippen LogP contribution < -0.4 is 19.7 Å². The topological polar surface area (TPSA) is 98.6 Å². The summed E-state index contributed by atoms with van der Waals surface area (Å²) in [5, 5.41) is 11.4. The highest BCUT2D eigenvalue weighted by atomic mass is 19.1. The van der Waals surface area contributed by atoms with Gasteiger partial charge in [-0.1, -0.05) is 6.42 Å². The molecule has 6 rings (SSSR count). The van der Waals surface area contributed by atoms with Gasteiger partial charge in [-0.2, -0.15) is 0 Å². The molecule has 1 saturated heterocycles. The van der Waals surface area contributed by atoms with Gasteiger partial charge in [0.15, 0.2) is 17.3 Å². The number of fused-ring (bicyclic) bond motifs is 2. The smallest absolute Gasteiger partial charge is 0.229 e. The Morgan fingerprint density at radius 1 is 1.03 bits per heavy atom. The van der Waals surface area contributed by atoms with Gasteiger partial charge in [0.2, 0.25) is 11.8 Å². The standard InChI is InChI=1S/C26H26FN5O4/c27-20-7-5-17(13-19(20)25-30-29-23-4-2-1-3-9-31(23)25)28-26(34)16-12-24(33)32(15-16)18-6-8-21-22(14-18)36-11-10-35-21/h5-8,13-14,16H,1-4,9-12,15H2,(H,28,34). The third-order valence-corrected chi connectivity index (χ3v) is 6.92. The lowest BCUT2D eigenvalue weighted by Crippen LogP contribution is -2.28. The fraction of sp³-hybridized carbons (Fsp3) is 0.385. The van der Waals surface area contributed by atoms with Crippen LogP contribution >= 0.6 is 0 Å². The SMILES string of the molecule is O=C(Nc1ccc(F)c(-c2nnc3n2CCCCC3)c1)C1CC(=O)N(c2ccc3c(c2)OCCO3)C1. The number of anilines is 2. The molecule has 3 aliphatic heterocycles. The first-order valence-electron chi connectivity index (χ1n) is 12.3. The number of carbonyl (C=O) groups excluding carboxylic acids is 2. The van der Waals surface area contributed by atoms with Crippen molar-refractivity contribution in [1.29, 1.82) is 0 Å². The molecule has 1 aromatic heterocycles. The van der Waals surface area contributed by atoms with Gasteiger partial charge in [0.25, 0.3) is 0 Å². The van der Waals surface area contributed by atoms with E-state index in [0.29, 0.717) is 47.5 Å². The van der Waals surface area contributed by atoms with Gasteiger partial charge in [-0.25, -0.2) is 4.39 Å². The number of aryl methyl sites for hydroxylation is 1. The molecule has 1 fully saturated rings. The van der Waals surface area contributed by atoms with Crippen LogP contribution in [0.25, 0.3) is 11.4 Å². The molecule has 2 amide bonds. The highest BCUT2D eigenvalue weighted by molar-refractivity contribution is 6.03. The Kier molecular flexibility index (Phi) is 5.79. The summed E-state index contributed by atoms with van der Waals surface area (Å²) in [4.78, 5) is 27.4. The van der Waals surface area contributed by atoms with Gasteiger partial charge in [-0.05, 0) is 43.2 Å². The Bertz CT molecular complexity index is 1340. The Morgan fingerprint density at radius 2 is 1.89 bits per heavy atom. The van der Waals surface area contributed by atoms with Gasteiger partial charge in [-0.15, -0.1) is 10.2 Å². The molecule has 0 radical (unpaired) electrons. The largest absolute Gasteiger partial charge is 0.486 e. The van der Waals surface area contributed by atoms with Crippen LogP contribution in [0.3, 0.4) is 0 Å². The molecule has 0 aliphatic carbocycles. The summed E-state index contributed by atoms with van der Waals surface area (Å²) >= 11 is 0. The molecule has 3 aromatic rings. The number of carbonyl (C=O) groups is 2. The van der Waals surface area contributed by atoms with Crippen LogP contribution in [0, 0.1) is 11.7 Å². The molecule has 10 heteroatoms. The molecule has 0 saturated carbocycles. The minimum absolute atomic E-state index is 0.0893. The fourth-order valence-electron chi connectivity index (χ4n) is 5.04. The van der Waals surface area contributed by atoms with Crippen molar-refractivity contribution in [3.05, 3.63) is 48.0 Å². The maximum absolute atomic E-state index is 14.8. The van der Waals surface area contributed by atoms with Crippen molar-refractivity contribution in [3.8, 4) is 22.9 Å². The molecule has 1 unspecified atom stereocenters. The number of aromatic nitrogens is 3. The average Bonchev–Trinajstić information content (AvgIpc) is 3.40. The van der Waals surface area contributed by atoms with Crippen molar-refractivity contribution < 1.29 is 23.5 Å². The molecular formula is C26H26FN5O4. The van der Waals surface area contributed by atoms with Crippen molar-refractivity contribution in [2.45, 2.75) is 38.6 Å². The van der Waals surface area contributed by atoms with Crippen molar-refractivity contribution in [3.63, 3.8) is 0 Å². The van der Waals surface area contributed by atoms with E-state index in [4.69, 9.17) is 9.47 Å². The minimum atomic E-state index is -0.538. The first kappa shape index (κ1) is 22.5. The molecule has 2 aromatic carbocycles. The van der Waals surface area contributed by atoms with Crippen LogP contribution in [0.1, 0.15) is 31.5 Å². The molecule has 36 heavy (non-hydrogen) atoms. The summed E-state index contributed by atoms with van der Waals surface area (Å²) in [5.41, 5.74) is 1.41. The predicted octanol–water partition coefficient (Wildman–Crippen LogP) is 3.57. The number of ether oxygens (including phenoxy) is 2. The van der Waals surface area contributed by atoms with Gasteiger partial charge in [0.05, 0.1) is 11.5 Å². The van der Waals surface area contributed by atoms with Gasteiger partial charge in [0.1, 0.15) is 24.9 Å². The lowest BCUT2D eigenvalue weighted by molar-refractivity contribution is -0.122. The number of nitrogens with zero attached hydrogens (tertiary/aromatic N) is 4. The van der Waals surface area contributed by atoms with Crippen molar-refractivity contribution >= 4 is 23.2 Å². The molecular weight excluding hydrogens is 465 g/mol. The number of rotatable bonds is 4. The highest BCUT2D eigenvalue weighted by Gasteiger charge is 2.36. The van der Waals surface area contributed by atoms with Gasteiger partial charge >= 0.3 is 0 Å². The second-order valence-corrected chi connectivity index (χ2v) is 9.32. The zero-order valence-electron chi connectivity index (χ0n) is 19.7. The average molecular weight is 492 g/mol. The van der Waals surface area contributed by atoms with Crippen molar-refractivity contribution in [2.75, 3.05) is 30.0 Å². The van der Waals surface area contributed by atoms with Crippen molar-refractivity contribution in [2.24, 2.45) is 5.92 Å². The third kappa shape index (κ3) is 4.16. The Labute approximate surface area is 207 Å². The number of nitrogens with one attached hydrogen (secondary N) is 1. The van der Waals surface area contributed by atoms with Gasteiger partial charge in [-0.3, -0.25) is 9.59 Å². The number of halogens is 1. The summed E-state index contributed by atoms with van der Waals surface area (Å²) < 4.78 is 27.9. The minimum Gasteiger partial charge on any atom is -0.486 e. The van der Waals surface area contributed by atoms with Crippen LogP contribution in [0.2, 0.25) is 0 Å². The Morgan fingerprint density at radius 3 is 2.78 bits per heavy atom. The maximum atomic E-state index is 14.8. The lowest BCUT2D eigenvalue weighted by atomic mass is 10.1. The number of hydrogen-bond donors (Lipinski definition) is 1. The number of benzene rings is 2. The van der Waals surface area contributed by atoms with Gasteiger partial charge in [0, 0.05) is 43.4 Å². The fourth-order valence-corrected chi connectivity index (χ4v) is 5.04. The van der Waals surface area contributed by atoms with Crippen LogP contribution in [-0.2, 0) is 22.6 Å². The van der Waals surface area contributed by atoms with E-state index in [0.717, 1.165) is 38.1 Å². The maximum Gasteiger partial charge on any atom is 0.229 e. The molecule has 1 atom stereocenters. The number of amides is 2. The zero-order chi connectivity index (χ0) is 24.6. The Hall–Kier alpha value is -3.95. The first-order chi connectivity index (χ1) is 17.6. The molecule has 3 aliphatic rings. The van der Waals surface area contributed by atoms with E-state index in [2.05, 4.69) is 15.5 Å². The van der Waals surface area contributed by atoms with E-state index in [1.807, 2.05) is 4.57 Å². The third-order valence-electron chi connectivity index (χ3n) is 6.92. The van der Waals surface area contributed by atoms with Crippen LogP contribution in [-0.4, -0.2) is 46.3 Å². The Balaban J connectivity index is 1.18. The van der Waals surface area contributed by atoms with E-state index in [1.165, 1.54) is 12.1 Å². The van der Waals surface area contributed by atoms with E-state index >= 15 is 0 Å².